The molecule has 1 heterocycles. The van der Waals surface area contributed by atoms with E-state index in [1.54, 1.807) is 25.5 Å². The van der Waals surface area contributed by atoms with Crippen LogP contribution < -0.4 is 10.6 Å². The average Bonchev–Trinajstić information content (AvgIpc) is 2.54. The zero-order valence-electron chi connectivity index (χ0n) is 12.1. The monoisotopic (exact) mass is 281 g/mol. The minimum atomic E-state index is -0.0360. The molecule has 1 atom stereocenters. The molecule has 0 saturated heterocycles. The lowest BCUT2D eigenvalue weighted by Crippen LogP contribution is -2.39. The summed E-state index contributed by atoms with van der Waals surface area (Å²) in [6.45, 7) is 0. The van der Waals surface area contributed by atoms with Crippen LogP contribution in [0.5, 0.6) is 0 Å². The lowest BCUT2D eigenvalue weighted by atomic mass is 9.88. The van der Waals surface area contributed by atoms with Gasteiger partial charge in [0.15, 0.2) is 0 Å². The summed E-state index contributed by atoms with van der Waals surface area (Å²) < 4.78 is 0. The number of amides is 1. The van der Waals surface area contributed by atoms with Gasteiger partial charge < -0.3 is 10.6 Å². The van der Waals surface area contributed by atoms with E-state index in [9.17, 15) is 4.79 Å². The molecule has 1 amide bonds. The fraction of sp³-hybridized carbons (Fsp3) is 0.294. The topological polar surface area (TPSA) is 54.0 Å². The third-order valence-electron chi connectivity index (χ3n) is 4.02. The Morgan fingerprint density at radius 3 is 2.86 bits per heavy atom. The third kappa shape index (κ3) is 2.89. The standard InChI is InChI=1S/C17H19N3O/c1-18-16-11-19-9-8-15(16)17(21)20-14-7-6-12-4-2-3-5-13(12)10-14/h2-5,8-9,11,14,18H,6-7,10H2,1H3,(H,20,21). The Bertz CT molecular complexity index is 654. The van der Waals surface area contributed by atoms with Gasteiger partial charge in [0.25, 0.3) is 5.91 Å². The highest BCUT2D eigenvalue weighted by Gasteiger charge is 2.21. The quantitative estimate of drug-likeness (QED) is 0.908. The van der Waals surface area contributed by atoms with Crippen LogP contribution in [0.1, 0.15) is 27.9 Å². The van der Waals surface area contributed by atoms with Gasteiger partial charge in [0.1, 0.15) is 0 Å². The van der Waals surface area contributed by atoms with Gasteiger partial charge in [-0.05, 0) is 36.5 Å². The van der Waals surface area contributed by atoms with E-state index in [1.165, 1.54) is 11.1 Å². The van der Waals surface area contributed by atoms with Gasteiger partial charge in [-0.2, -0.15) is 0 Å². The van der Waals surface area contributed by atoms with Gasteiger partial charge in [0.2, 0.25) is 0 Å². The molecule has 0 saturated carbocycles. The Morgan fingerprint density at radius 2 is 2.05 bits per heavy atom. The van der Waals surface area contributed by atoms with Crippen LogP contribution in [0.4, 0.5) is 5.69 Å². The Hall–Kier alpha value is -2.36. The molecular formula is C17H19N3O. The molecule has 1 unspecified atom stereocenters. The number of aromatic nitrogens is 1. The fourth-order valence-corrected chi connectivity index (χ4v) is 2.88. The molecule has 0 spiro atoms. The number of nitrogens with one attached hydrogen (secondary N) is 2. The first-order chi connectivity index (χ1) is 10.3. The van der Waals surface area contributed by atoms with Gasteiger partial charge in [-0.3, -0.25) is 9.78 Å². The molecule has 1 aromatic carbocycles. The van der Waals surface area contributed by atoms with Crippen LogP contribution in [-0.4, -0.2) is 24.0 Å². The van der Waals surface area contributed by atoms with E-state index in [-0.39, 0.29) is 11.9 Å². The first kappa shape index (κ1) is 13.6. The maximum atomic E-state index is 12.4. The molecular weight excluding hydrogens is 262 g/mol. The molecule has 0 bridgehead atoms. The largest absolute Gasteiger partial charge is 0.386 e. The Morgan fingerprint density at radius 1 is 1.24 bits per heavy atom. The van der Waals surface area contributed by atoms with Crippen molar-refractivity contribution in [2.24, 2.45) is 0 Å². The number of pyridine rings is 1. The second-order valence-electron chi connectivity index (χ2n) is 5.35. The van der Waals surface area contributed by atoms with Gasteiger partial charge in [0.05, 0.1) is 17.4 Å². The maximum Gasteiger partial charge on any atom is 0.253 e. The second-order valence-corrected chi connectivity index (χ2v) is 5.35. The number of carbonyl (C=O) groups excluding carboxylic acids is 1. The van der Waals surface area contributed by atoms with Crippen LogP contribution in [0, 0.1) is 0 Å². The van der Waals surface area contributed by atoms with Crippen LogP contribution >= 0.6 is 0 Å². The summed E-state index contributed by atoms with van der Waals surface area (Å²) in [5, 5.41) is 6.15. The molecule has 1 aromatic heterocycles. The minimum absolute atomic E-state index is 0.0360. The molecule has 4 nitrogen and oxygen atoms in total. The normalized spacial score (nSPS) is 16.9. The number of anilines is 1. The van der Waals surface area contributed by atoms with E-state index in [4.69, 9.17) is 0 Å². The summed E-state index contributed by atoms with van der Waals surface area (Å²) >= 11 is 0. The fourth-order valence-electron chi connectivity index (χ4n) is 2.88. The van der Waals surface area contributed by atoms with Crippen molar-refractivity contribution in [1.29, 1.82) is 0 Å². The lowest BCUT2D eigenvalue weighted by Gasteiger charge is -2.25. The smallest absolute Gasteiger partial charge is 0.253 e. The van der Waals surface area contributed by atoms with Crippen LogP contribution in [0.15, 0.2) is 42.7 Å². The van der Waals surface area contributed by atoms with E-state index in [0.717, 1.165) is 24.9 Å². The first-order valence-corrected chi connectivity index (χ1v) is 7.27. The number of carbonyl (C=O) groups is 1. The van der Waals surface area contributed by atoms with Crippen molar-refractivity contribution in [3.63, 3.8) is 0 Å². The van der Waals surface area contributed by atoms with Gasteiger partial charge in [-0.15, -0.1) is 0 Å². The Kier molecular flexibility index (Phi) is 3.86. The molecule has 4 heteroatoms. The molecule has 0 aliphatic heterocycles. The summed E-state index contributed by atoms with van der Waals surface area (Å²) in [5.74, 6) is -0.0360. The zero-order valence-corrected chi connectivity index (χ0v) is 12.1. The summed E-state index contributed by atoms with van der Waals surface area (Å²) in [6, 6.07) is 10.4. The SMILES string of the molecule is CNc1cnccc1C(=O)NC1CCc2ccccc2C1. The van der Waals surface area contributed by atoms with Crippen molar-refractivity contribution in [2.75, 3.05) is 12.4 Å². The van der Waals surface area contributed by atoms with E-state index >= 15 is 0 Å². The summed E-state index contributed by atoms with van der Waals surface area (Å²) in [7, 11) is 1.80. The predicted molar refractivity (Wildman–Crippen MR) is 83.5 cm³/mol. The summed E-state index contributed by atoms with van der Waals surface area (Å²) in [4.78, 5) is 16.5. The molecule has 2 aromatic rings. The lowest BCUT2D eigenvalue weighted by molar-refractivity contribution is 0.0934. The van der Waals surface area contributed by atoms with Crippen molar-refractivity contribution < 1.29 is 4.79 Å². The highest BCUT2D eigenvalue weighted by atomic mass is 16.1. The van der Waals surface area contributed by atoms with Crippen molar-refractivity contribution in [2.45, 2.75) is 25.3 Å². The van der Waals surface area contributed by atoms with Gasteiger partial charge in [-0.25, -0.2) is 0 Å². The zero-order chi connectivity index (χ0) is 14.7. The van der Waals surface area contributed by atoms with Gasteiger partial charge in [-0.1, -0.05) is 24.3 Å². The van der Waals surface area contributed by atoms with Gasteiger partial charge >= 0.3 is 0 Å². The van der Waals surface area contributed by atoms with Crippen LogP contribution in [0.2, 0.25) is 0 Å². The number of rotatable bonds is 3. The van der Waals surface area contributed by atoms with Crippen LogP contribution in [0.25, 0.3) is 0 Å². The van der Waals surface area contributed by atoms with E-state index < -0.39 is 0 Å². The molecule has 1 aliphatic carbocycles. The maximum absolute atomic E-state index is 12.4. The predicted octanol–water partition coefficient (Wildman–Crippen LogP) is 2.41. The highest BCUT2D eigenvalue weighted by Crippen LogP contribution is 2.22. The number of aryl methyl sites for hydroxylation is 1. The number of nitrogens with zero attached hydrogens (tertiary/aromatic N) is 1. The van der Waals surface area contributed by atoms with Crippen molar-refractivity contribution in [3.05, 3.63) is 59.4 Å². The van der Waals surface area contributed by atoms with E-state index in [0.29, 0.717) is 5.56 Å². The molecule has 108 valence electrons. The number of benzene rings is 1. The van der Waals surface area contributed by atoms with Crippen molar-refractivity contribution in [3.8, 4) is 0 Å². The van der Waals surface area contributed by atoms with Crippen molar-refractivity contribution >= 4 is 11.6 Å². The molecule has 0 fully saturated rings. The summed E-state index contributed by atoms with van der Waals surface area (Å²) in [5.41, 5.74) is 4.15. The number of hydrogen-bond donors (Lipinski definition) is 2. The average molecular weight is 281 g/mol. The molecule has 1 aliphatic rings. The van der Waals surface area contributed by atoms with Gasteiger partial charge in [0, 0.05) is 19.3 Å². The Labute approximate surface area is 124 Å². The minimum Gasteiger partial charge on any atom is -0.386 e. The molecule has 21 heavy (non-hydrogen) atoms. The first-order valence-electron chi connectivity index (χ1n) is 7.27. The molecule has 2 N–H and O–H groups in total. The molecule has 0 radical (unpaired) electrons. The second kappa shape index (κ2) is 5.95. The van der Waals surface area contributed by atoms with Crippen LogP contribution in [0.3, 0.4) is 0 Å². The number of fused-ring (bicyclic) bond motifs is 1. The van der Waals surface area contributed by atoms with Crippen LogP contribution in [-0.2, 0) is 12.8 Å². The Balaban J connectivity index is 1.72. The highest BCUT2D eigenvalue weighted by molar-refractivity contribution is 5.99. The summed E-state index contributed by atoms with van der Waals surface area (Å²) in [6.07, 6.45) is 6.23. The third-order valence-corrected chi connectivity index (χ3v) is 4.02. The molecule has 3 rings (SSSR count). The number of hydrogen-bond acceptors (Lipinski definition) is 3. The van der Waals surface area contributed by atoms with E-state index in [1.807, 2.05) is 0 Å². The van der Waals surface area contributed by atoms with E-state index in [2.05, 4.69) is 39.9 Å². The van der Waals surface area contributed by atoms with Crippen molar-refractivity contribution in [1.82, 2.24) is 10.3 Å².